The minimum absolute atomic E-state index is 0.139. The second-order valence-electron chi connectivity index (χ2n) is 6.17. The molecule has 1 aliphatic rings. The number of carbonyl (C=O) groups excluding carboxylic acids is 2. The highest BCUT2D eigenvalue weighted by Gasteiger charge is 2.25. The fourth-order valence-electron chi connectivity index (χ4n) is 2.77. The Morgan fingerprint density at radius 2 is 2.10 bits per heavy atom. The molecule has 0 spiro atoms. The van der Waals surface area contributed by atoms with E-state index in [1.54, 1.807) is 4.90 Å². The van der Waals surface area contributed by atoms with E-state index in [0.29, 0.717) is 35.0 Å². The van der Waals surface area contributed by atoms with E-state index >= 15 is 0 Å². The predicted octanol–water partition coefficient (Wildman–Crippen LogP) is 4.25. The number of nitro groups is 1. The van der Waals surface area contributed by atoms with Gasteiger partial charge in [0.25, 0.3) is 11.6 Å². The molecule has 29 heavy (non-hydrogen) atoms. The van der Waals surface area contributed by atoms with Gasteiger partial charge in [-0.05, 0) is 12.8 Å². The fourth-order valence-corrected chi connectivity index (χ4v) is 5.55. The van der Waals surface area contributed by atoms with Crippen molar-refractivity contribution in [2.24, 2.45) is 0 Å². The lowest BCUT2D eigenvalue weighted by molar-refractivity contribution is -0.387. The van der Waals surface area contributed by atoms with Crippen LogP contribution in [0.1, 0.15) is 28.9 Å². The summed E-state index contributed by atoms with van der Waals surface area (Å²) in [6, 6.07) is 1.25. The van der Waals surface area contributed by atoms with Crippen LogP contribution in [-0.2, 0) is 4.79 Å². The van der Waals surface area contributed by atoms with Crippen LogP contribution in [0.2, 0.25) is 10.0 Å². The Bertz CT molecular complexity index is 933. The highest BCUT2D eigenvalue weighted by atomic mass is 35.5. The zero-order valence-electron chi connectivity index (χ0n) is 15.0. The summed E-state index contributed by atoms with van der Waals surface area (Å²) in [5.41, 5.74) is -0.184. The van der Waals surface area contributed by atoms with E-state index in [2.05, 4.69) is 10.3 Å². The summed E-state index contributed by atoms with van der Waals surface area (Å²) in [7, 11) is 0. The molecule has 154 valence electrons. The second kappa shape index (κ2) is 9.75. The monoisotopic (exact) mass is 474 g/mol. The molecule has 0 unspecified atom stereocenters. The smallest absolute Gasteiger partial charge is 0.294 e. The van der Waals surface area contributed by atoms with E-state index < -0.39 is 10.8 Å². The molecule has 1 N–H and O–H groups in total. The quantitative estimate of drug-likeness (QED) is 0.348. The minimum atomic E-state index is -0.544. The molecular weight excluding hydrogens is 459 g/mol. The Morgan fingerprint density at radius 3 is 2.72 bits per heavy atom. The minimum Gasteiger partial charge on any atom is -0.351 e. The lowest BCUT2D eigenvalue weighted by Gasteiger charge is -2.15. The maximum atomic E-state index is 12.4. The van der Waals surface area contributed by atoms with E-state index in [1.165, 1.54) is 18.5 Å². The molecule has 0 aromatic carbocycles. The van der Waals surface area contributed by atoms with Gasteiger partial charge in [0.1, 0.15) is 9.09 Å². The number of hydrogen-bond acceptors (Lipinski definition) is 7. The van der Waals surface area contributed by atoms with Gasteiger partial charge in [0.05, 0.1) is 19.9 Å². The van der Waals surface area contributed by atoms with Crippen LogP contribution in [0.15, 0.2) is 27.6 Å². The van der Waals surface area contributed by atoms with Gasteiger partial charge in [-0.2, -0.15) is 0 Å². The number of nitrogens with zero attached hydrogens (tertiary/aromatic N) is 3. The number of pyridine rings is 1. The first-order chi connectivity index (χ1) is 13.9. The first kappa shape index (κ1) is 21.8. The van der Waals surface area contributed by atoms with Crippen molar-refractivity contribution in [1.29, 1.82) is 0 Å². The first-order valence-corrected chi connectivity index (χ1v) is 11.1. The van der Waals surface area contributed by atoms with Gasteiger partial charge in [0, 0.05) is 44.5 Å². The summed E-state index contributed by atoms with van der Waals surface area (Å²) in [5, 5.41) is 14.7. The Kier molecular flexibility index (Phi) is 7.33. The maximum Gasteiger partial charge on any atom is 0.294 e. The van der Waals surface area contributed by atoms with Crippen molar-refractivity contribution < 1.29 is 14.5 Å². The summed E-state index contributed by atoms with van der Waals surface area (Å²) < 4.78 is 0.304. The Labute approximate surface area is 184 Å². The van der Waals surface area contributed by atoms with Crippen LogP contribution in [0, 0.1) is 10.1 Å². The lowest BCUT2D eigenvalue weighted by atomic mass is 10.3. The molecule has 0 radical (unpaired) electrons. The number of likely N-dealkylation sites (tertiary alicyclic amines) is 1. The van der Waals surface area contributed by atoms with E-state index in [-0.39, 0.29) is 26.5 Å². The second-order valence-corrected chi connectivity index (χ2v) is 9.31. The number of aromatic nitrogens is 1. The Hall–Kier alpha value is -1.88. The molecule has 2 aromatic heterocycles. The van der Waals surface area contributed by atoms with E-state index in [0.717, 1.165) is 36.1 Å². The first-order valence-electron chi connectivity index (χ1n) is 8.68. The molecule has 0 atom stereocenters. The highest BCUT2D eigenvalue weighted by molar-refractivity contribution is 8.01. The number of carbonyl (C=O) groups is 2. The third-order valence-electron chi connectivity index (χ3n) is 4.17. The number of halogens is 2. The largest absolute Gasteiger partial charge is 0.351 e. The van der Waals surface area contributed by atoms with Crippen LogP contribution in [-0.4, -0.2) is 46.3 Å². The standard InChI is InChI=1S/C17H16Cl2N4O4S2/c18-10-8-20-9-11(19)15(10)29-17-12(23(26)27)7-13(28-17)16(25)21-4-2-6-22-5-1-3-14(22)24/h7-9H,1-6H2,(H,21,25). The zero-order chi connectivity index (χ0) is 21.0. The maximum absolute atomic E-state index is 12.4. The predicted molar refractivity (Wildman–Crippen MR) is 112 cm³/mol. The van der Waals surface area contributed by atoms with E-state index in [9.17, 15) is 19.7 Å². The molecule has 1 aliphatic heterocycles. The van der Waals surface area contributed by atoms with Crippen molar-refractivity contribution in [2.45, 2.75) is 28.4 Å². The van der Waals surface area contributed by atoms with Crippen LogP contribution in [0.25, 0.3) is 0 Å². The molecule has 2 amide bonds. The molecular formula is C17H16Cl2N4O4S2. The average molecular weight is 475 g/mol. The van der Waals surface area contributed by atoms with Crippen molar-refractivity contribution in [2.75, 3.05) is 19.6 Å². The molecule has 2 aromatic rings. The van der Waals surface area contributed by atoms with Crippen molar-refractivity contribution >= 4 is 63.8 Å². The van der Waals surface area contributed by atoms with Crippen LogP contribution in [0.4, 0.5) is 5.69 Å². The third-order valence-corrected chi connectivity index (χ3v) is 7.42. The molecule has 12 heteroatoms. The molecule has 1 saturated heterocycles. The number of hydrogen-bond donors (Lipinski definition) is 1. The van der Waals surface area contributed by atoms with Gasteiger partial charge in [0.2, 0.25) is 5.91 Å². The Balaban J connectivity index is 1.65. The molecule has 3 rings (SSSR count). The SMILES string of the molecule is O=C(NCCCN1CCCC1=O)c1cc([N+](=O)[O-])c(Sc2c(Cl)cncc2Cl)s1. The summed E-state index contributed by atoms with van der Waals surface area (Å²) in [6.07, 6.45) is 4.86. The molecule has 0 bridgehead atoms. The van der Waals surface area contributed by atoms with Crippen molar-refractivity contribution in [3.63, 3.8) is 0 Å². The number of rotatable bonds is 8. The topological polar surface area (TPSA) is 105 Å². The Morgan fingerprint density at radius 1 is 1.38 bits per heavy atom. The average Bonchev–Trinajstić information content (AvgIpc) is 3.28. The number of amides is 2. The van der Waals surface area contributed by atoms with E-state index in [4.69, 9.17) is 23.2 Å². The van der Waals surface area contributed by atoms with E-state index in [1.807, 2.05) is 0 Å². The van der Waals surface area contributed by atoms with Gasteiger partial charge in [-0.25, -0.2) is 0 Å². The zero-order valence-corrected chi connectivity index (χ0v) is 18.2. The van der Waals surface area contributed by atoms with Crippen LogP contribution >= 0.6 is 46.3 Å². The molecule has 0 saturated carbocycles. The van der Waals surface area contributed by atoms with Gasteiger partial charge >= 0.3 is 0 Å². The van der Waals surface area contributed by atoms with Crippen molar-refractivity contribution in [1.82, 2.24) is 15.2 Å². The molecule has 3 heterocycles. The molecule has 0 aliphatic carbocycles. The third kappa shape index (κ3) is 5.39. The van der Waals surface area contributed by atoms with Crippen LogP contribution in [0.5, 0.6) is 0 Å². The summed E-state index contributed by atoms with van der Waals surface area (Å²) in [4.78, 5) is 41.1. The van der Waals surface area contributed by atoms with Gasteiger partial charge < -0.3 is 10.2 Å². The summed E-state index contributed by atoms with van der Waals surface area (Å²) >= 11 is 14.2. The van der Waals surface area contributed by atoms with Crippen LogP contribution in [0.3, 0.4) is 0 Å². The highest BCUT2D eigenvalue weighted by Crippen LogP contribution is 2.45. The normalized spacial score (nSPS) is 13.7. The fraction of sp³-hybridized carbons (Fsp3) is 0.353. The molecule has 1 fully saturated rings. The van der Waals surface area contributed by atoms with Crippen molar-refractivity contribution in [3.05, 3.63) is 43.5 Å². The van der Waals surface area contributed by atoms with Gasteiger partial charge in [0.15, 0.2) is 0 Å². The van der Waals surface area contributed by atoms with Gasteiger partial charge in [-0.1, -0.05) is 35.0 Å². The van der Waals surface area contributed by atoms with Gasteiger partial charge in [-0.15, -0.1) is 11.3 Å². The lowest BCUT2D eigenvalue weighted by Crippen LogP contribution is -2.30. The van der Waals surface area contributed by atoms with Crippen molar-refractivity contribution in [3.8, 4) is 0 Å². The summed E-state index contributed by atoms with van der Waals surface area (Å²) in [6.45, 7) is 1.72. The molecule has 8 nitrogen and oxygen atoms in total. The number of thiophene rings is 1. The number of nitrogens with one attached hydrogen (secondary N) is 1. The summed E-state index contributed by atoms with van der Waals surface area (Å²) in [5.74, 6) is -0.259. The van der Waals surface area contributed by atoms with Crippen LogP contribution < -0.4 is 5.32 Å². The van der Waals surface area contributed by atoms with Gasteiger partial charge in [-0.3, -0.25) is 24.7 Å².